The second kappa shape index (κ2) is 9.26. The van der Waals surface area contributed by atoms with Gasteiger partial charge in [0.15, 0.2) is 6.61 Å². The number of hydrogen-bond acceptors (Lipinski definition) is 4. The Labute approximate surface area is 188 Å². The Morgan fingerprint density at radius 1 is 0.906 bits per heavy atom. The van der Waals surface area contributed by atoms with Gasteiger partial charge in [-0.3, -0.25) is 14.3 Å². The fourth-order valence-corrected chi connectivity index (χ4v) is 3.00. The van der Waals surface area contributed by atoms with Crippen molar-refractivity contribution < 1.29 is 14.3 Å². The van der Waals surface area contributed by atoms with Crippen LogP contribution in [0.5, 0.6) is 5.75 Å². The molecule has 32 heavy (non-hydrogen) atoms. The molecule has 0 saturated heterocycles. The fourth-order valence-electron chi connectivity index (χ4n) is 3.00. The van der Waals surface area contributed by atoms with Gasteiger partial charge < -0.3 is 15.4 Å². The molecule has 3 rings (SSSR count). The zero-order valence-electron chi connectivity index (χ0n) is 19.2. The van der Waals surface area contributed by atoms with Crippen LogP contribution < -0.4 is 15.4 Å². The monoisotopic (exact) mass is 434 g/mol. The molecule has 7 heteroatoms. The summed E-state index contributed by atoms with van der Waals surface area (Å²) in [5.74, 6) is 0.102. The van der Waals surface area contributed by atoms with Crippen LogP contribution in [0.3, 0.4) is 0 Å². The van der Waals surface area contributed by atoms with Crippen molar-refractivity contribution in [2.24, 2.45) is 0 Å². The summed E-state index contributed by atoms with van der Waals surface area (Å²) in [7, 11) is 0. The highest BCUT2D eigenvalue weighted by Gasteiger charge is 2.31. The number of carbonyl (C=O) groups excluding carboxylic acids is 2. The molecule has 0 unspecified atom stereocenters. The summed E-state index contributed by atoms with van der Waals surface area (Å²) in [5, 5.41) is 9.88. The van der Waals surface area contributed by atoms with Gasteiger partial charge >= 0.3 is 0 Å². The third-order valence-electron chi connectivity index (χ3n) is 5.12. The lowest BCUT2D eigenvalue weighted by atomic mass is 9.87. The van der Waals surface area contributed by atoms with Crippen molar-refractivity contribution in [2.45, 2.75) is 45.6 Å². The fraction of sp³-hybridized carbons (Fsp3) is 0.320. The van der Waals surface area contributed by atoms with Crippen molar-refractivity contribution in [1.29, 1.82) is 0 Å². The van der Waals surface area contributed by atoms with E-state index in [1.807, 2.05) is 54.6 Å². The smallest absolute Gasteiger partial charge is 0.262 e. The first-order chi connectivity index (χ1) is 15.1. The number of nitrogens with one attached hydrogen (secondary N) is 2. The second-order valence-electron chi connectivity index (χ2n) is 9.16. The van der Waals surface area contributed by atoms with E-state index in [0.717, 1.165) is 0 Å². The van der Waals surface area contributed by atoms with Crippen LogP contribution >= 0.6 is 0 Å². The summed E-state index contributed by atoms with van der Waals surface area (Å²) in [5.41, 5.74) is 1.49. The standard InChI is InChI=1S/C25H30N4O3/c1-24(2,3)18-11-13-21(14-12-18)32-17-22(30)27-20-15-26-29(16-20)25(4,5)23(31)28-19-9-7-6-8-10-19/h6-16H,17H2,1-5H3,(H,27,30)(H,28,31). The molecule has 0 bridgehead atoms. The van der Waals surface area contributed by atoms with Crippen molar-refractivity contribution in [1.82, 2.24) is 9.78 Å². The van der Waals surface area contributed by atoms with Crippen LogP contribution in [0, 0.1) is 0 Å². The van der Waals surface area contributed by atoms with Crippen LogP contribution in [0.15, 0.2) is 67.0 Å². The Bertz CT molecular complexity index is 1060. The molecule has 0 fully saturated rings. The lowest BCUT2D eigenvalue weighted by molar-refractivity contribution is -0.123. The zero-order chi connectivity index (χ0) is 23.4. The number of para-hydroxylation sites is 1. The minimum atomic E-state index is -0.954. The van der Waals surface area contributed by atoms with Gasteiger partial charge in [0, 0.05) is 11.9 Å². The number of nitrogens with zero attached hydrogens (tertiary/aromatic N) is 2. The highest BCUT2D eigenvalue weighted by atomic mass is 16.5. The molecule has 168 valence electrons. The molecule has 1 aromatic heterocycles. The molecule has 1 heterocycles. The number of aromatic nitrogens is 2. The first-order valence-electron chi connectivity index (χ1n) is 10.5. The lowest BCUT2D eigenvalue weighted by Crippen LogP contribution is -2.40. The van der Waals surface area contributed by atoms with Gasteiger partial charge in [-0.15, -0.1) is 0 Å². The van der Waals surface area contributed by atoms with Crippen LogP contribution in [0.2, 0.25) is 0 Å². The summed E-state index contributed by atoms with van der Waals surface area (Å²) >= 11 is 0. The SMILES string of the molecule is CC(C)(C)c1ccc(OCC(=O)Nc2cnn(C(C)(C)C(=O)Nc3ccccc3)c2)cc1. The number of hydrogen-bond donors (Lipinski definition) is 2. The summed E-state index contributed by atoms with van der Waals surface area (Å²) in [6.07, 6.45) is 3.13. The molecule has 7 nitrogen and oxygen atoms in total. The summed E-state index contributed by atoms with van der Waals surface area (Å²) in [4.78, 5) is 25.0. The van der Waals surface area contributed by atoms with Gasteiger partial charge in [0.25, 0.3) is 11.8 Å². The van der Waals surface area contributed by atoms with Crippen LogP contribution in [0.25, 0.3) is 0 Å². The van der Waals surface area contributed by atoms with Gasteiger partial charge in [-0.05, 0) is 49.1 Å². The maximum absolute atomic E-state index is 12.7. The topological polar surface area (TPSA) is 85.2 Å². The van der Waals surface area contributed by atoms with Crippen molar-refractivity contribution in [3.63, 3.8) is 0 Å². The Morgan fingerprint density at radius 2 is 1.56 bits per heavy atom. The van der Waals surface area contributed by atoms with Gasteiger partial charge in [-0.1, -0.05) is 51.1 Å². The second-order valence-corrected chi connectivity index (χ2v) is 9.16. The van der Waals surface area contributed by atoms with Gasteiger partial charge in [-0.2, -0.15) is 5.10 Å². The summed E-state index contributed by atoms with van der Waals surface area (Å²) < 4.78 is 7.10. The Hall–Kier alpha value is -3.61. The number of benzene rings is 2. The lowest BCUT2D eigenvalue weighted by Gasteiger charge is -2.24. The average molecular weight is 435 g/mol. The Morgan fingerprint density at radius 3 is 2.19 bits per heavy atom. The van der Waals surface area contributed by atoms with E-state index in [2.05, 4.69) is 36.5 Å². The predicted octanol–water partition coefficient (Wildman–Crippen LogP) is 4.57. The van der Waals surface area contributed by atoms with E-state index in [4.69, 9.17) is 4.74 Å². The molecule has 0 atom stereocenters. The van der Waals surface area contributed by atoms with Gasteiger partial charge in [0.2, 0.25) is 0 Å². The summed E-state index contributed by atoms with van der Waals surface area (Å²) in [6, 6.07) is 16.9. The normalized spacial score (nSPS) is 11.7. The number of amides is 2. The third-order valence-corrected chi connectivity index (χ3v) is 5.12. The third kappa shape index (κ3) is 5.75. The summed E-state index contributed by atoms with van der Waals surface area (Å²) in [6.45, 7) is 9.82. The van der Waals surface area contributed by atoms with Crippen molar-refractivity contribution >= 4 is 23.2 Å². The van der Waals surface area contributed by atoms with Gasteiger partial charge in [-0.25, -0.2) is 0 Å². The molecule has 0 aliphatic carbocycles. The van der Waals surface area contributed by atoms with E-state index in [1.54, 1.807) is 20.0 Å². The number of rotatable bonds is 7. The number of ether oxygens (including phenoxy) is 1. The maximum Gasteiger partial charge on any atom is 0.262 e. The van der Waals surface area contributed by atoms with Gasteiger partial charge in [0.1, 0.15) is 11.3 Å². The molecular formula is C25H30N4O3. The molecule has 0 saturated carbocycles. The first-order valence-corrected chi connectivity index (χ1v) is 10.5. The molecule has 2 amide bonds. The largest absolute Gasteiger partial charge is 0.484 e. The number of anilines is 2. The Kier molecular flexibility index (Phi) is 6.67. The van der Waals surface area contributed by atoms with E-state index >= 15 is 0 Å². The molecular weight excluding hydrogens is 404 g/mol. The average Bonchev–Trinajstić information content (AvgIpc) is 3.22. The Balaban J connectivity index is 1.55. The molecule has 3 aromatic rings. The van der Waals surface area contributed by atoms with Crippen LogP contribution in [-0.2, 0) is 20.5 Å². The van der Waals surface area contributed by atoms with Crippen LogP contribution in [0.4, 0.5) is 11.4 Å². The number of carbonyl (C=O) groups is 2. The molecule has 0 spiro atoms. The van der Waals surface area contributed by atoms with E-state index in [0.29, 0.717) is 17.1 Å². The molecule has 0 aliphatic heterocycles. The van der Waals surface area contributed by atoms with E-state index in [1.165, 1.54) is 16.4 Å². The minimum absolute atomic E-state index is 0.0574. The van der Waals surface area contributed by atoms with Crippen molar-refractivity contribution in [3.8, 4) is 5.75 Å². The quantitative estimate of drug-likeness (QED) is 0.570. The highest BCUT2D eigenvalue weighted by Crippen LogP contribution is 2.24. The predicted molar refractivity (Wildman–Crippen MR) is 126 cm³/mol. The minimum Gasteiger partial charge on any atom is -0.484 e. The highest BCUT2D eigenvalue weighted by molar-refractivity contribution is 5.96. The first kappa shape index (κ1) is 23.1. The van der Waals surface area contributed by atoms with Crippen molar-refractivity contribution in [3.05, 3.63) is 72.6 Å². The molecule has 2 N–H and O–H groups in total. The van der Waals surface area contributed by atoms with Gasteiger partial charge in [0.05, 0.1) is 11.9 Å². The van der Waals surface area contributed by atoms with E-state index in [-0.39, 0.29) is 23.8 Å². The van der Waals surface area contributed by atoms with Crippen LogP contribution in [0.1, 0.15) is 40.2 Å². The molecule has 0 aliphatic rings. The van der Waals surface area contributed by atoms with Crippen molar-refractivity contribution in [2.75, 3.05) is 17.2 Å². The zero-order valence-corrected chi connectivity index (χ0v) is 19.2. The van der Waals surface area contributed by atoms with E-state index in [9.17, 15) is 9.59 Å². The van der Waals surface area contributed by atoms with E-state index < -0.39 is 5.54 Å². The van der Waals surface area contributed by atoms with Crippen LogP contribution in [-0.4, -0.2) is 28.2 Å². The molecule has 2 aromatic carbocycles. The molecule has 0 radical (unpaired) electrons. The maximum atomic E-state index is 12.7.